The molecule has 130 valence electrons. The second-order valence-corrected chi connectivity index (χ2v) is 7.68. The van der Waals surface area contributed by atoms with Crippen molar-refractivity contribution in [3.05, 3.63) is 0 Å². The van der Waals surface area contributed by atoms with Gasteiger partial charge in [0, 0.05) is 31.1 Å². The topological polar surface area (TPSA) is 61.4 Å². The van der Waals surface area contributed by atoms with E-state index in [2.05, 4.69) is 17.6 Å². The molecule has 5 nitrogen and oxygen atoms in total. The average molecular weight is 321 g/mol. The molecule has 3 aliphatic rings. The molecular formula is C18H31N3O2. The Morgan fingerprint density at radius 1 is 0.957 bits per heavy atom. The van der Waals surface area contributed by atoms with Crippen LogP contribution in [-0.2, 0) is 4.79 Å². The summed E-state index contributed by atoms with van der Waals surface area (Å²) < 4.78 is 0. The van der Waals surface area contributed by atoms with E-state index in [-0.39, 0.29) is 23.9 Å². The summed E-state index contributed by atoms with van der Waals surface area (Å²) >= 11 is 0. The summed E-state index contributed by atoms with van der Waals surface area (Å²) in [7, 11) is 0. The van der Waals surface area contributed by atoms with Gasteiger partial charge in [0.15, 0.2) is 0 Å². The molecule has 3 rings (SSSR count). The van der Waals surface area contributed by atoms with E-state index in [1.54, 1.807) is 0 Å². The summed E-state index contributed by atoms with van der Waals surface area (Å²) in [5.41, 5.74) is 0. The Morgan fingerprint density at radius 3 is 2.22 bits per heavy atom. The first kappa shape index (κ1) is 16.6. The highest BCUT2D eigenvalue weighted by molar-refractivity contribution is 5.79. The van der Waals surface area contributed by atoms with Crippen LogP contribution in [0.2, 0.25) is 0 Å². The number of nitrogens with one attached hydrogen (secondary N) is 2. The zero-order valence-corrected chi connectivity index (χ0v) is 14.4. The third kappa shape index (κ3) is 4.61. The minimum Gasteiger partial charge on any atom is -0.353 e. The molecule has 3 amide bonds. The highest BCUT2D eigenvalue weighted by atomic mass is 16.2. The maximum Gasteiger partial charge on any atom is 0.317 e. The van der Waals surface area contributed by atoms with Crippen LogP contribution in [-0.4, -0.2) is 42.0 Å². The van der Waals surface area contributed by atoms with Crippen LogP contribution in [0.5, 0.6) is 0 Å². The molecular weight excluding hydrogens is 290 g/mol. The molecule has 2 N–H and O–H groups in total. The van der Waals surface area contributed by atoms with E-state index in [0.29, 0.717) is 12.0 Å². The highest BCUT2D eigenvalue weighted by Crippen LogP contribution is 2.32. The van der Waals surface area contributed by atoms with E-state index in [1.807, 2.05) is 4.90 Å². The molecule has 1 unspecified atom stereocenters. The highest BCUT2D eigenvalue weighted by Gasteiger charge is 2.31. The van der Waals surface area contributed by atoms with Gasteiger partial charge in [0.1, 0.15) is 0 Å². The summed E-state index contributed by atoms with van der Waals surface area (Å²) in [5.74, 6) is 1.16. The number of nitrogens with zero attached hydrogens (tertiary/aromatic N) is 1. The number of piperidine rings is 1. The fourth-order valence-corrected chi connectivity index (χ4v) is 3.91. The van der Waals surface area contributed by atoms with Crippen molar-refractivity contribution < 1.29 is 9.59 Å². The summed E-state index contributed by atoms with van der Waals surface area (Å²) in [4.78, 5) is 26.5. The maximum absolute atomic E-state index is 12.3. The third-order valence-electron chi connectivity index (χ3n) is 5.78. The third-order valence-corrected chi connectivity index (χ3v) is 5.78. The molecule has 1 saturated heterocycles. The first-order valence-electron chi connectivity index (χ1n) is 9.49. The molecule has 3 fully saturated rings. The fourth-order valence-electron chi connectivity index (χ4n) is 3.91. The Labute approximate surface area is 139 Å². The quantitative estimate of drug-likeness (QED) is 0.836. The van der Waals surface area contributed by atoms with Crippen molar-refractivity contribution in [3.63, 3.8) is 0 Å². The second kappa shape index (κ2) is 7.54. The minimum atomic E-state index is 0.0708. The molecule has 2 aliphatic carbocycles. The van der Waals surface area contributed by atoms with Gasteiger partial charge < -0.3 is 15.5 Å². The SMILES string of the molecule is CC(NC(=O)N1CCC(NC(=O)C2CCCCC2)CC1)C1CC1. The maximum atomic E-state index is 12.3. The Morgan fingerprint density at radius 2 is 1.61 bits per heavy atom. The van der Waals surface area contributed by atoms with Gasteiger partial charge in [-0.15, -0.1) is 0 Å². The molecule has 1 aliphatic heterocycles. The van der Waals surface area contributed by atoms with Crippen LogP contribution >= 0.6 is 0 Å². The molecule has 1 heterocycles. The Bertz CT molecular complexity index is 422. The zero-order chi connectivity index (χ0) is 16.2. The summed E-state index contributed by atoms with van der Waals surface area (Å²) in [6.07, 6.45) is 10.0. The predicted molar refractivity (Wildman–Crippen MR) is 90.0 cm³/mol. The van der Waals surface area contributed by atoms with E-state index in [9.17, 15) is 9.59 Å². The molecule has 5 heteroatoms. The number of hydrogen-bond acceptors (Lipinski definition) is 2. The van der Waals surface area contributed by atoms with Crippen molar-refractivity contribution in [2.24, 2.45) is 11.8 Å². The number of carbonyl (C=O) groups is 2. The van der Waals surface area contributed by atoms with E-state index in [1.165, 1.54) is 32.1 Å². The van der Waals surface area contributed by atoms with Crippen molar-refractivity contribution in [1.29, 1.82) is 0 Å². The smallest absolute Gasteiger partial charge is 0.317 e. The lowest BCUT2D eigenvalue weighted by molar-refractivity contribution is -0.126. The van der Waals surface area contributed by atoms with Gasteiger partial charge in [-0.05, 0) is 51.4 Å². The van der Waals surface area contributed by atoms with Gasteiger partial charge in [-0.2, -0.15) is 0 Å². The Balaban J connectivity index is 1.37. The normalized spacial score (nSPS) is 25.0. The largest absolute Gasteiger partial charge is 0.353 e. The van der Waals surface area contributed by atoms with Crippen molar-refractivity contribution >= 4 is 11.9 Å². The summed E-state index contributed by atoms with van der Waals surface area (Å²) in [6.45, 7) is 3.60. The van der Waals surface area contributed by atoms with Crippen LogP contribution in [0, 0.1) is 11.8 Å². The van der Waals surface area contributed by atoms with Crippen LogP contribution in [0.3, 0.4) is 0 Å². The molecule has 0 aromatic rings. The molecule has 0 aromatic heterocycles. The molecule has 0 aromatic carbocycles. The number of urea groups is 1. The Hall–Kier alpha value is -1.26. The van der Waals surface area contributed by atoms with Crippen molar-refractivity contribution in [2.75, 3.05) is 13.1 Å². The number of amides is 3. The van der Waals surface area contributed by atoms with E-state index >= 15 is 0 Å². The number of carbonyl (C=O) groups excluding carboxylic acids is 2. The Kier molecular flexibility index (Phi) is 5.44. The summed E-state index contributed by atoms with van der Waals surface area (Å²) in [5, 5.41) is 6.34. The van der Waals surface area contributed by atoms with Crippen LogP contribution in [0.1, 0.15) is 64.7 Å². The van der Waals surface area contributed by atoms with Gasteiger partial charge in [-0.3, -0.25) is 4.79 Å². The lowest BCUT2D eigenvalue weighted by Crippen LogP contribution is -2.51. The molecule has 2 saturated carbocycles. The van der Waals surface area contributed by atoms with Crippen LogP contribution < -0.4 is 10.6 Å². The van der Waals surface area contributed by atoms with Crippen molar-refractivity contribution in [1.82, 2.24) is 15.5 Å². The van der Waals surface area contributed by atoms with Crippen LogP contribution in [0.4, 0.5) is 4.79 Å². The van der Waals surface area contributed by atoms with Crippen molar-refractivity contribution in [2.45, 2.75) is 76.8 Å². The van der Waals surface area contributed by atoms with Crippen molar-refractivity contribution in [3.8, 4) is 0 Å². The van der Waals surface area contributed by atoms with E-state index in [4.69, 9.17) is 0 Å². The number of rotatable bonds is 4. The zero-order valence-electron chi connectivity index (χ0n) is 14.4. The number of likely N-dealkylation sites (tertiary alicyclic amines) is 1. The molecule has 23 heavy (non-hydrogen) atoms. The van der Waals surface area contributed by atoms with Gasteiger partial charge in [0.05, 0.1) is 0 Å². The average Bonchev–Trinajstić information content (AvgIpc) is 3.41. The predicted octanol–water partition coefficient (Wildman–Crippen LogP) is 2.66. The van der Waals surface area contributed by atoms with Gasteiger partial charge in [-0.25, -0.2) is 4.79 Å². The second-order valence-electron chi connectivity index (χ2n) is 7.68. The van der Waals surface area contributed by atoms with Crippen LogP contribution in [0.25, 0.3) is 0 Å². The monoisotopic (exact) mass is 321 g/mol. The summed E-state index contributed by atoms with van der Waals surface area (Å²) in [6, 6.07) is 0.613. The van der Waals surface area contributed by atoms with E-state index in [0.717, 1.165) is 38.8 Å². The molecule has 0 bridgehead atoms. The van der Waals surface area contributed by atoms with Gasteiger partial charge >= 0.3 is 6.03 Å². The first-order chi connectivity index (χ1) is 11.1. The van der Waals surface area contributed by atoms with Gasteiger partial charge in [0.25, 0.3) is 0 Å². The van der Waals surface area contributed by atoms with Gasteiger partial charge in [-0.1, -0.05) is 19.3 Å². The fraction of sp³-hybridized carbons (Fsp3) is 0.889. The molecule has 0 radical (unpaired) electrons. The first-order valence-corrected chi connectivity index (χ1v) is 9.49. The van der Waals surface area contributed by atoms with Gasteiger partial charge in [0.2, 0.25) is 5.91 Å². The standard InChI is InChI=1S/C18H31N3O2/c1-13(14-7-8-14)19-18(23)21-11-9-16(10-12-21)20-17(22)15-5-3-2-4-6-15/h13-16H,2-12H2,1H3,(H,19,23)(H,20,22). The van der Waals surface area contributed by atoms with Crippen LogP contribution in [0.15, 0.2) is 0 Å². The van der Waals surface area contributed by atoms with E-state index < -0.39 is 0 Å². The number of hydrogen-bond donors (Lipinski definition) is 2. The lowest BCUT2D eigenvalue weighted by atomic mass is 9.88. The minimum absolute atomic E-state index is 0.0708. The molecule has 1 atom stereocenters. The molecule has 0 spiro atoms. The lowest BCUT2D eigenvalue weighted by Gasteiger charge is -2.34.